The van der Waals surface area contributed by atoms with E-state index in [1.54, 1.807) is 6.20 Å². The van der Waals surface area contributed by atoms with Crippen molar-refractivity contribution in [1.82, 2.24) is 15.1 Å². The van der Waals surface area contributed by atoms with Crippen LogP contribution >= 0.6 is 12.2 Å². The van der Waals surface area contributed by atoms with Crippen LogP contribution in [0.1, 0.15) is 12.5 Å². The third kappa shape index (κ3) is 2.94. The zero-order valence-corrected chi connectivity index (χ0v) is 11.7. The summed E-state index contributed by atoms with van der Waals surface area (Å²) in [6.07, 6.45) is 1.77. The highest BCUT2D eigenvalue weighted by molar-refractivity contribution is 7.80. The molecule has 1 fully saturated rings. The van der Waals surface area contributed by atoms with E-state index in [2.05, 4.69) is 33.0 Å². The van der Waals surface area contributed by atoms with E-state index >= 15 is 0 Å². The molecule has 0 bridgehead atoms. The molecule has 0 aromatic carbocycles. The molecule has 2 heterocycles. The Morgan fingerprint density at radius 3 is 2.61 bits per heavy atom. The van der Waals surface area contributed by atoms with E-state index in [9.17, 15) is 0 Å². The van der Waals surface area contributed by atoms with Crippen LogP contribution in [0.3, 0.4) is 0 Å². The second-order valence-corrected chi connectivity index (χ2v) is 5.16. The maximum absolute atomic E-state index is 5.69. The molecule has 1 aliphatic heterocycles. The minimum Gasteiger partial charge on any atom is -0.392 e. The maximum atomic E-state index is 5.69. The smallest absolute Gasteiger partial charge is 0.151 e. The average molecular weight is 265 g/mol. The number of nitrogens with zero attached hydrogens (tertiary/aromatic N) is 4. The predicted molar refractivity (Wildman–Crippen MR) is 76.8 cm³/mol. The lowest BCUT2D eigenvalue weighted by atomic mass is 10.2. The van der Waals surface area contributed by atoms with Gasteiger partial charge in [-0.1, -0.05) is 12.2 Å². The molecule has 0 radical (unpaired) electrons. The molecule has 2 N–H and O–H groups in total. The van der Waals surface area contributed by atoms with Crippen LogP contribution in [0.4, 0.5) is 5.82 Å². The van der Waals surface area contributed by atoms with Gasteiger partial charge in [0.1, 0.15) is 0 Å². The van der Waals surface area contributed by atoms with Crippen LogP contribution in [0.2, 0.25) is 0 Å². The quantitative estimate of drug-likeness (QED) is 0.807. The fraction of sp³-hybridized carbons (Fsp3) is 0.583. The first-order chi connectivity index (χ1) is 8.58. The molecule has 1 unspecified atom stereocenters. The van der Waals surface area contributed by atoms with Gasteiger partial charge < -0.3 is 10.6 Å². The minimum absolute atomic E-state index is 0.172. The summed E-state index contributed by atoms with van der Waals surface area (Å²) in [5.74, 6) is 0.956. The third-order valence-corrected chi connectivity index (χ3v) is 3.72. The molecule has 6 heteroatoms. The molecule has 1 atom stereocenters. The van der Waals surface area contributed by atoms with Gasteiger partial charge in [-0.25, -0.2) is 0 Å². The Kier molecular flexibility index (Phi) is 4.08. The largest absolute Gasteiger partial charge is 0.392 e. The first kappa shape index (κ1) is 13.2. The van der Waals surface area contributed by atoms with Crippen LogP contribution in [0.5, 0.6) is 0 Å². The normalized spacial score (nSPS) is 18.7. The molecule has 18 heavy (non-hydrogen) atoms. The van der Waals surface area contributed by atoms with E-state index in [4.69, 9.17) is 18.0 Å². The highest BCUT2D eigenvalue weighted by Crippen LogP contribution is 2.14. The van der Waals surface area contributed by atoms with Crippen molar-refractivity contribution < 1.29 is 0 Å². The van der Waals surface area contributed by atoms with E-state index in [1.165, 1.54) is 0 Å². The van der Waals surface area contributed by atoms with Crippen LogP contribution in [0, 0.1) is 6.92 Å². The predicted octanol–water partition coefficient (Wildman–Crippen LogP) is 0.582. The minimum atomic E-state index is 0.172. The Morgan fingerprint density at radius 2 is 2.06 bits per heavy atom. The van der Waals surface area contributed by atoms with Crippen molar-refractivity contribution in [2.24, 2.45) is 5.73 Å². The highest BCUT2D eigenvalue weighted by Gasteiger charge is 2.23. The van der Waals surface area contributed by atoms with Gasteiger partial charge in [-0.15, -0.1) is 5.10 Å². The van der Waals surface area contributed by atoms with Crippen molar-refractivity contribution in [3.8, 4) is 0 Å². The van der Waals surface area contributed by atoms with Gasteiger partial charge >= 0.3 is 0 Å². The Balaban J connectivity index is 1.96. The number of hydrogen-bond acceptors (Lipinski definition) is 5. The Hall–Kier alpha value is -1.27. The van der Waals surface area contributed by atoms with Gasteiger partial charge in [0.15, 0.2) is 5.82 Å². The lowest BCUT2D eigenvalue weighted by molar-refractivity contribution is 0.238. The summed E-state index contributed by atoms with van der Waals surface area (Å²) < 4.78 is 0. The van der Waals surface area contributed by atoms with Crippen LogP contribution < -0.4 is 10.6 Å². The zero-order chi connectivity index (χ0) is 13.1. The molecular weight excluding hydrogens is 246 g/mol. The number of rotatable bonds is 3. The molecule has 1 aromatic heterocycles. The molecule has 0 aliphatic carbocycles. The van der Waals surface area contributed by atoms with Crippen molar-refractivity contribution in [3.05, 3.63) is 17.8 Å². The van der Waals surface area contributed by atoms with E-state index in [0.717, 1.165) is 37.6 Å². The Bertz CT molecular complexity index is 428. The number of thiocarbonyl (C=S) groups is 1. The van der Waals surface area contributed by atoms with Crippen LogP contribution in [0.15, 0.2) is 12.3 Å². The lowest BCUT2D eigenvalue weighted by Gasteiger charge is -2.38. The number of aromatic nitrogens is 2. The molecule has 0 spiro atoms. The number of aryl methyl sites for hydroxylation is 1. The summed E-state index contributed by atoms with van der Waals surface area (Å²) in [6, 6.07) is 2.24. The molecule has 1 saturated heterocycles. The highest BCUT2D eigenvalue weighted by atomic mass is 32.1. The van der Waals surface area contributed by atoms with Crippen molar-refractivity contribution in [1.29, 1.82) is 0 Å². The van der Waals surface area contributed by atoms with Crippen molar-refractivity contribution >= 4 is 23.0 Å². The van der Waals surface area contributed by atoms with Gasteiger partial charge in [0, 0.05) is 26.2 Å². The van der Waals surface area contributed by atoms with Gasteiger partial charge in [-0.3, -0.25) is 4.90 Å². The SMILES string of the molecule is Cc1cnnc(N2CCN(C(C)C(N)=S)CC2)c1. The van der Waals surface area contributed by atoms with Gasteiger partial charge in [-0.05, 0) is 25.5 Å². The van der Waals surface area contributed by atoms with Crippen molar-refractivity contribution in [2.75, 3.05) is 31.1 Å². The topological polar surface area (TPSA) is 58.3 Å². The van der Waals surface area contributed by atoms with Crippen molar-refractivity contribution in [3.63, 3.8) is 0 Å². The molecular formula is C12H19N5S. The first-order valence-electron chi connectivity index (χ1n) is 6.15. The standard InChI is InChI=1S/C12H19N5S/c1-9-7-11(15-14-8-9)17-5-3-16(4-6-17)10(2)12(13)18/h7-8,10H,3-6H2,1-2H3,(H2,13,18). The van der Waals surface area contributed by atoms with Crippen LogP contribution in [0.25, 0.3) is 0 Å². The zero-order valence-electron chi connectivity index (χ0n) is 10.8. The second-order valence-electron chi connectivity index (χ2n) is 4.69. The molecule has 0 saturated carbocycles. The molecule has 5 nitrogen and oxygen atoms in total. The molecule has 1 aliphatic rings. The van der Waals surface area contributed by atoms with Crippen LogP contribution in [-0.2, 0) is 0 Å². The number of nitrogens with two attached hydrogens (primary N) is 1. The second kappa shape index (κ2) is 5.58. The molecule has 2 rings (SSSR count). The van der Waals surface area contributed by atoms with E-state index in [1.807, 2.05) is 6.92 Å². The maximum Gasteiger partial charge on any atom is 0.151 e. The van der Waals surface area contributed by atoms with E-state index in [-0.39, 0.29) is 6.04 Å². The Labute approximate surface area is 113 Å². The summed E-state index contributed by atoms with van der Waals surface area (Å²) in [6.45, 7) is 7.87. The Morgan fingerprint density at radius 1 is 1.39 bits per heavy atom. The van der Waals surface area contributed by atoms with Gasteiger partial charge in [0.05, 0.1) is 17.2 Å². The summed E-state index contributed by atoms with van der Waals surface area (Å²) in [5.41, 5.74) is 6.82. The monoisotopic (exact) mass is 265 g/mol. The summed E-state index contributed by atoms with van der Waals surface area (Å²) in [4.78, 5) is 5.13. The molecule has 1 aromatic rings. The molecule has 98 valence electrons. The summed E-state index contributed by atoms with van der Waals surface area (Å²) in [7, 11) is 0. The lowest BCUT2D eigenvalue weighted by Crippen LogP contribution is -2.53. The average Bonchev–Trinajstić information content (AvgIpc) is 2.38. The third-order valence-electron chi connectivity index (χ3n) is 3.38. The first-order valence-corrected chi connectivity index (χ1v) is 6.56. The number of anilines is 1. The number of hydrogen-bond donors (Lipinski definition) is 1. The van der Waals surface area contributed by atoms with Gasteiger partial charge in [0.2, 0.25) is 0 Å². The van der Waals surface area contributed by atoms with E-state index < -0.39 is 0 Å². The summed E-state index contributed by atoms with van der Waals surface area (Å²) in [5, 5.41) is 8.17. The van der Waals surface area contributed by atoms with Crippen LogP contribution in [-0.4, -0.2) is 52.3 Å². The summed E-state index contributed by atoms with van der Waals surface area (Å²) >= 11 is 5.04. The van der Waals surface area contributed by atoms with Gasteiger partial charge in [-0.2, -0.15) is 5.10 Å². The van der Waals surface area contributed by atoms with E-state index in [0.29, 0.717) is 4.99 Å². The van der Waals surface area contributed by atoms with Crippen molar-refractivity contribution in [2.45, 2.75) is 19.9 Å². The number of piperazine rings is 1. The fourth-order valence-corrected chi connectivity index (χ4v) is 2.27. The molecule has 0 amide bonds. The fourth-order valence-electron chi connectivity index (χ4n) is 2.12. The van der Waals surface area contributed by atoms with Gasteiger partial charge in [0.25, 0.3) is 0 Å².